The van der Waals surface area contributed by atoms with Gasteiger partial charge in [0.1, 0.15) is 17.6 Å². The third kappa shape index (κ3) is 4.04. The third-order valence-corrected chi connectivity index (χ3v) is 6.54. The van der Waals surface area contributed by atoms with Crippen molar-refractivity contribution < 1.29 is 13.9 Å². The van der Waals surface area contributed by atoms with Crippen LogP contribution in [0, 0.1) is 17.1 Å². The van der Waals surface area contributed by atoms with E-state index in [1.165, 1.54) is 19.2 Å². The Morgan fingerprint density at radius 3 is 2.53 bits per heavy atom. The highest BCUT2D eigenvalue weighted by Crippen LogP contribution is 2.36. The molecule has 0 spiro atoms. The summed E-state index contributed by atoms with van der Waals surface area (Å²) in [5, 5.41) is 14.2. The first-order valence-electron chi connectivity index (χ1n) is 10.7. The number of amides is 1. The van der Waals surface area contributed by atoms with Gasteiger partial charge in [0.15, 0.2) is 0 Å². The van der Waals surface area contributed by atoms with Gasteiger partial charge in [-0.1, -0.05) is 36.4 Å². The Balaban J connectivity index is 1.69. The van der Waals surface area contributed by atoms with Gasteiger partial charge in [-0.15, -0.1) is 0 Å². The maximum absolute atomic E-state index is 13.6. The normalized spacial score (nSPS) is 15.8. The molecule has 0 atom stereocenters. The van der Waals surface area contributed by atoms with E-state index in [0.717, 1.165) is 42.3 Å². The van der Waals surface area contributed by atoms with Crippen molar-refractivity contribution in [2.45, 2.75) is 18.3 Å². The van der Waals surface area contributed by atoms with Crippen LogP contribution in [0.1, 0.15) is 34.3 Å². The van der Waals surface area contributed by atoms with Crippen molar-refractivity contribution in [3.63, 3.8) is 0 Å². The average molecular weight is 432 g/mol. The molecular weight excluding hydrogens is 405 g/mol. The zero-order valence-electron chi connectivity index (χ0n) is 18.3. The molecule has 0 radical (unpaired) electrons. The van der Waals surface area contributed by atoms with Crippen molar-refractivity contribution in [1.82, 2.24) is 10.2 Å². The van der Waals surface area contributed by atoms with Crippen LogP contribution in [-0.2, 0) is 5.41 Å². The highest BCUT2D eigenvalue weighted by molar-refractivity contribution is 6.10. The number of fused-ring (bicyclic) bond motifs is 1. The van der Waals surface area contributed by atoms with Gasteiger partial charge in [-0.2, -0.15) is 5.26 Å². The molecule has 6 heteroatoms. The summed E-state index contributed by atoms with van der Waals surface area (Å²) < 4.78 is 19.1. The number of rotatable bonds is 5. The molecule has 1 N–H and O–H groups in total. The predicted molar refractivity (Wildman–Crippen MR) is 122 cm³/mol. The van der Waals surface area contributed by atoms with E-state index in [0.29, 0.717) is 17.7 Å². The molecule has 3 aromatic rings. The van der Waals surface area contributed by atoms with Crippen LogP contribution in [0.15, 0.2) is 54.6 Å². The predicted octanol–water partition coefficient (Wildman–Crippen LogP) is 4.25. The number of ether oxygens (including phenoxy) is 1. The summed E-state index contributed by atoms with van der Waals surface area (Å²) in [7, 11) is 3.55. The minimum Gasteiger partial charge on any atom is -0.495 e. The van der Waals surface area contributed by atoms with Gasteiger partial charge in [0.05, 0.1) is 18.2 Å². The molecule has 0 aromatic heterocycles. The van der Waals surface area contributed by atoms with Crippen LogP contribution in [0.4, 0.5) is 4.39 Å². The Kier molecular flexibility index (Phi) is 6.11. The molecule has 1 fully saturated rings. The standard InChI is InChI=1S/C26H26FN3O2/c1-30-13-11-26(12-14-30,20-7-9-21(27)10-8-20)17-29-25(31)23-22-6-4-3-5-18(22)15-19(16-28)24(23)32-2/h3-10,15H,11-14,17H2,1-2H3,(H,29,31). The van der Waals surface area contributed by atoms with Gasteiger partial charge in [-0.3, -0.25) is 4.79 Å². The summed E-state index contributed by atoms with van der Waals surface area (Å²) in [5.74, 6) is -0.274. The number of carbonyl (C=O) groups is 1. The van der Waals surface area contributed by atoms with Gasteiger partial charge in [-0.25, -0.2) is 4.39 Å². The fraction of sp³-hybridized carbons (Fsp3) is 0.308. The Hall–Kier alpha value is -3.43. The van der Waals surface area contributed by atoms with E-state index < -0.39 is 0 Å². The number of piperidine rings is 1. The van der Waals surface area contributed by atoms with Gasteiger partial charge < -0.3 is 15.0 Å². The van der Waals surface area contributed by atoms with Crippen molar-refractivity contribution in [2.75, 3.05) is 33.8 Å². The van der Waals surface area contributed by atoms with E-state index in [4.69, 9.17) is 4.74 Å². The SMILES string of the molecule is COc1c(C#N)cc2ccccc2c1C(=O)NCC1(c2ccc(F)cc2)CCN(C)CC1. The van der Waals surface area contributed by atoms with Crippen molar-refractivity contribution in [1.29, 1.82) is 5.26 Å². The largest absolute Gasteiger partial charge is 0.495 e. The number of nitriles is 1. The Morgan fingerprint density at radius 1 is 1.19 bits per heavy atom. The second-order valence-corrected chi connectivity index (χ2v) is 8.44. The van der Waals surface area contributed by atoms with Crippen LogP contribution >= 0.6 is 0 Å². The van der Waals surface area contributed by atoms with Crippen LogP contribution in [-0.4, -0.2) is 44.6 Å². The number of carbonyl (C=O) groups excluding carboxylic acids is 1. The lowest BCUT2D eigenvalue weighted by molar-refractivity contribution is 0.0926. The Bertz CT molecular complexity index is 1180. The fourth-order valence-electron chi connectivity index (χ4n) is 4.60. The second kappa shape index (κ2) is 8.97. The summed E-state index contributed by atoms with van der Waals surface area (Å²) in [6.45, 7) is 2.20. The molecule has 4 rings (SSSR count). The molecule has 0 bridgehead atoms. The molecular formula is C26H26FN3O2. The molecule has 1 aliphatic rings. The average Bonchev–Trinajstić information content (AvgIpc) is 2.82. The summed E-state index contributed by atoms with van der Waals surface area (Å²) in [6.07, 6.45) is 1.71. The molecule has 1 saturated heterocycles. The summed E-state index contributed by atoms with van der Waals surface area (Å²) in [4.78, 5) is 15.7. The van der Waals surface area contributed by atoms with Crippen LogP contribution in [0.5, 0.6) is 5.75 Å². The van der Waals surface area contributed by atoms with Crippen LogP contribution in [0.25, 0.3) is 10.8 Å². The molecule has 32 heavy (non-hydrogen) atoms. The second-order valence-electron chi connectivity index (χ2n) is 8.44. The van der Waals surface area contributed by atoms with Gasteiger partial charge in [0.2, 0.25) is 0 Å². The minimum atomic E-state index is -0.286. The molecule has 1 aliphatic heterocycles. The lowest BCUT2D eigenvalue weighted by atomic mass is 9.72. The van der Waals surface area contributed by atoms with Gasteiger partial charge in [0.25, 0.3) is 5.91 Å². The number of nitrogens with one attached hydrogen (secondary N) is 1. The van der Waals surface area contributed by atoms with Crippen molar-refractivity contribution >= 4 is 16.7 Å². The lowest BCUT2D eigenvalue weighted by Gasteiger charge is -2.41. The van der Waals surface area contributed by atoms with E-state index in [1.54, 1.807) is 6.07 Å². The van der Waals surface area contributed by atoms with E-state index in [9.17, 15) is 14.4 Å². The van der Waals surface area contributed by atoms with Crippen molar-refractivity contribution in [2.24, 2.45) is 0 Å². The molecule has 0 saturated carbocycles. The molecule has 3 aromatic carbocycles. The number of likely N-dealkylation sites (tertiary alicyclic amines) is 1. The summed E-state index contributed by atoms with van der Waals surface area (Å²) in [6, 6.07) is 17.9. The zero-order chi connectivity index (χ0) is 22.7. The van der Waals surface area contributed by atoms with Crippen LogP contribution in [0.3, 0.4) is 0 Å². The van der Waals surface area contributed by atoms with Gasteiger partial charge in [-0.05, 0) is 67.5 Å². The fourth-order valence-corrected chi connectivity index (χ4v) is 4.60. The van der Waals surface area contributed by atoms with Crippen LogP contribution < -0.4 is 10.1 Å². The lowest BCUT2D eigenvalue weighted by Crippen LogP contribution is -2.48. The Morgan fingerprint density at radius 2 is 1.88 bits per heavy atom. The number of benzene rings is 3. The first-order chi connectivity index (χ1) is 15.5. The van der Waals surface area contributed by atoms with Crippen LogP contribution in [0.2, 0.25) is 0 Å². The smallest absolute Gasteiger partial charge is 0.255 e. The summed E-state index contributed by atoms with van der Waals surface area (Å²) >= 11 is 0. The van der Waals surface area contributed by atoms with Crippen molar-refractivity contribution in [3.05, 3.63) is 77.1 Å². The molecule has 1 heterocycles. The highest BCUT2D eigenvalue weighted by Gasteiger charge is 2.36. The quantitative estimate of drug-likeness (QED) is 0.656. The zero-order valence-corrected chi connectivity index (χ0v) is 18.3. The number of halogens is 1. The van der Waals surface area contributed by atoms with E-state index in [2.05, 4.69) is 23.3 Å². The van der Waals surface area contributed by atoms with Crippen molar-refractivity contribution in [3.8, 4) is 11.8 Å². The summed E-state index contributed by atoms with van der Waals surface area (Å²) in [5.41, 5.74) is 1.43. The minimum absolute atomic E-state index is 0.273. The molecule has 5 nitrogen and oxygen atoms in total. The molecule has 1 amide bonds. The maximum Gasteiger partial charge on any atom is 0.255 e. The molecule has 164 valence electrons. The number of methoxy groups -OCH3 is 1. The van der Waals surface area contributed by atoms with Gasteiger partial charge >= 0.3 is 0 Å². The van der Waals surface area contributed by atoms with Gasteiger partial charge in [0, 0.05) is 12.0 Å². The number of hydrogen-bond donors (Lipinski definition) is 1. The Labute approximate surface area is 187 Å². The monoisotopic (exact) mass is 431 g/mol. The highest BCUT2D eigenvalue weighted by atomic mass is 19.1. The molecule has 0 unspecified atom stereocenters. The van der Waals surface area contributed by atoms with E-state index in [-0.39, 0.29) is 22.9 Å². The third-order valence-electron chi connectivity index (χ3n) is 6.54. The first-order valence-corrected chi connectivity index (χ1v) is 10.7. The first kappa shape index (κ1) is 21.8. The molecule has 0 aliphatic carbocycles. The van der Waals surface area contributed by atoms with E-state index >= 15 is 0 Å². The number of hydrogen-bond acceptors (Lipinski definition) is 4. The van der Waals surface area contributed by atoms with E-state index in [1.807, 2.05) is 36.4 Å². The maximum atomic E-state index is 13.6. The topological polar surface area (TPSA) is 65.4 Å². The number of nitrogens with zero attached hydrogens (tertiary/aromatic N) is 2.